The minimum absolute atomic E-state index is 0.628. The van der Waals surface area contributed by atoms with Crippen molar-refractivity contribution in [2.24, 2.45) is 5.10 Å². The molecular formula is C14H19N7. The highest BCUT2D eigenvalue weighted by Crippen LogP contribution is 2.17. The van der Waals surface area contributed by atoms with Crippen molar-refractivity contribution in [2.75, 3.05) is 43.4 Å². The second-order valence-corrected chi connectivity index (χ2v) is 4.85. The Bertz CT molecular complexity index is 582. The molecule has 2 heterocycles. The van der Waals surface area contributed by atoms with Gasteiger partial charge >= 0.3 is 0 Å². The van der Waals surface area contributed by atoms with Gasteiger partial charge in [0.1, 0.15) is 5.82 Å². The van der Waals surface area contributed by atoms with Gasteiger partial charge in [0.2, 0.25) is 5.95 Å². The average molecular weight is 285 g/mol. The molecule has 0 aromatic carbocycles. The van der Waals surface area contributed by atoms with Gasteiger partial charge in [-0.05, 0) is 17.7 Å². The van der Waals surface area contributed by atoms with Gasteiger partial charge in [-0.2, -0.15) is 15.1 Å². The third kappa shape index (κ3) is 4.13. The molecule has 0 radical (unpaired) electrons. The molecule has 0 atom stereocenters. The largest absolute Gasteiger partial charge is 0.363 e. The van der Waals surface area contributed by atoms with E-state index in [0.717, 1.165) is 11.4 Å². The Labute approximate surface area is 124 Å². The van der Waals surface area contributed by atoms with Crippen molar-refractivity contribution in [2.45, 2.75) is 0 Å². The third-order valence-corrected chi connectivity index (χ3v) is 2.66. The number of hydrazone groups is 1. The predicted molar refractivity (Wildman–Crippen MR) is 86.1 cm³/mol. The van der Waals surface area contributed by atoms with Gasteiger partial charge in [0.05, 0.1) is 6.21 Å². The Morgan fingerprint density at radius 2 is 1.76 bits per heavy atom. The molecule has 0 bridgehead atoms. The van der Waals surface area contributed by atoms with Gasteiger partial charge in [0, 0.05) is 46.7 Å². The molecule has 0 saturated carbocycles. The van der Waals surface area contributed by atoms with E-state index in [1.165, 1.54) is 0 Å². The molecule has 2 aromatic heterocycles. The molecule has 2 rings (SSSR count). The van der Waals surface area contributed by atoms with Crippen LogP contribution in [0.2, 0.25) is 0 Å². The van der Waals surface area contributed by atoms with Crippen molar-refractivity contribution < 1.29 is 0 Å². The predicted octanol–water partition coefficient (Wildman–Crippen LogP) is 1.45. The molecule has 7 nitrogen and oxygen atoms in total. The minimum atomic E-state index is 0.628. The SMILES string of the molecule is CN(C)c1cc(N/N=C\c2ccncc2)nc(N(C)C)n1. The Hall–Kier alpha value is -2.70. The van der Waals surface area contributed by atoms with E-state index in [-0.39, 0.29) is 0 Å². The van der Waals surface area contributed by atoms with Crippen LogP contribution in [0.5, 0.6) is 0 Å². The van der Waals surface area contributed by atoms with Gasteiger partial charge < -0.3 is 9.80 Å². The molecule has 0 fully saturated rings. The first-order chi connectivity index (χ1) is 10.1. The summed E-state index contributed by atoms with van der Waals surface area (Å²) in [5.41, 5.74) is 3.89. The number of rotatable bonds is 5. The summed E-state index contributed by atoms with van der Waals surface area (Å²) in [6, 6.07) is 5.60. The molecule has 0 unspecified atom stereocenters. The number of pyridine rings is 1. The highest BCUT2D eigenvalue weighted by molar-refractivity contribution is 5.79. The molecule has 7 heteroatoms. The summed E-state index contributed by atoms with van der Waals surface area (Å²) < 4.78 is 0. The monoisotopic (exact) mass is 285 g/mol. The lowest BCUT2D eigenvalue weighted by Gasteiger charge is -2.16. The molecule has 0 aliphatic heterocycles. The number of hydrogen-bond donors (Lipinski definition) is 1. The molecule has 1 N–H and O–H groups in total. The Kier molecular flexibility index (Phi) is 4.65. The lowest BCUT2D eigenvalue weighted by atomic mass is 10.3. The quantitative estimate of drug-likeness (QED) is 0.662. The Morgan fingerprint density at radius 3 is 2.38 bits per heavy atom. The smallest absolute Gasteiger partial charge is 0.228 e. The van der Waals surface area contributed by atoms with Gasteiger partial charge in [-0.3, -0.25) is 10.4 Å². The van der Waals surface area contributed by atoms with Crippen LogP contribution in [0.4, 0.5) is 17.6 Å². The number of anilines is 3. The van der Waals surface area contributed by atoms with Crippen molar-refractivity contribution in [1.82, 2.24) is 15.0 Å². The number of nitrogens with zero attached hydrogens (tertiary/aromatic N) is 6. The highest BCUT2D eigenvalue weighted by Gasteiger charge is 2.07. The summed E-state index contributed by atoms with van der Waals surface area (Å²) in [4.78, 5) is 16.6. The molecule has 0 amide bonds. The number of aromatic nitrogens is 3. The second kappa shape index (κ2) is 6.65. The zero-order valence-electron chi connectivity index (χ0n) is 12.6. The van der Waals surface area contributed by atoms with E-state index in [1.54, 1.807) is 18.6 Å². The van der Waals surface area contributed by atoms with Crippen LogP contribution in [0.15, 0.2) is 35.7 Å². The normalized spacial score (nSPS) is 10.7. The molecular weight excluding hydrogens is 266 g/mol. The summed E-state index contributed by atoms with van der Waals surface area (Å²) in [6.07, 6.45) is 5.16. The minimum Gasteiger partial charge on any atom is -0.363 e. The van der Waals surface area contributed by atoms with Gasteiger partial charge in [-0.1, -0.05) is 0 Å². The second-order valence-electron chi connectivity index (χ2n) is 4.85. The molecule has 0 aliphatic carbocycles. The number of hydrogen-bond acceptors (Lipinski definition) is 7. The Morgan fingerprint density at radius 1 is 1.05 bits per heavy atom. The van der Waals surface area contributed by atoms with Gasteiger partial charge in [-0.25, -0.2) is 0 Å². The fraction of sp³-hybridized carbons (Fsp3) is 0.286. The van der Waals surface area contributed by atoms with Gasteiger partial charge in [0.15, 0.2) is 5.82 Å². The van der Waals surface area contributed by atoms with Crippen molar-refractivity contribution in [3.63, 3.8) is 0 Å². The van der Waals surface area contributed by atoms with E-state index in [0.29, 0.717) is 11.8 Å². The first-order valence-electron chi connectivity index (χ1n) is 6.49. The van der Waals surface area contributed by atoms with Crippen LogP contribution in [-0.2, 0) is 0 Å². The van der Waals surface area contributed by atoms with Crippen LogP contribution in [0.3, 0.4) is 0 Å². The summed E-state index contributed by atoms with van der Waals surface area (Å²) in [5, 5.41) is 4.18. The number of nitrogens with one attached hydrogen (secondary N) is 1. The van der Waals surface area contributed by atoms with Crippen molar-refractivity contribution >= 4 is 23.8 Å². The van der Waals surface area contributed by atoms with Crippen LogP contribution in [0.25, 0.3) is 0 Å². The topological polar surface area (TPSA) is 69.5 Å². The summed E-state index contributed by atoms with van der Waals surface area (Å²) in [5.74, 6) is 2.08. The van der Waals surface area contributed by atoms with Crippen LogP contribution in [-0.4, -0.2) is 49.4 Å². The standard InChI is InChI=1S/C14H19N7/c1-20(2)13-9-12(17-14(18-13)21(3)4)19-16-10-11-5-7-15-8-6-11/h5-10H,1-4H3,(H,17,18,19)/b16-10-. The van der Waals surface area contributed by atoms with Crippen LogP contribution < -0.4 is 15.2 Å². The molecule has 110 valence electrons. The first kappa shape index (κ1) is 14.7. The zero-order chi connectivity index (χ0) is 15.2. The molecule has 0 spiro atoms. The van der Waals surface area contributed by atoms with Crippen molar-refractivity contribution in [3.05, 3.63) is 36.2 Å². The van der Waals surface area contributed by atoms with Crippen LogP contribution >= 0.6 is 0 Å². The van der Waals surface area contributed by atoms with E-state index in [1.807, 2.05) is 56.2 Å². The van der Waals surface area contributed by atoms with E-state index < -0.39 is 0 Å². The summed E-state index contributed by atoms with van der Waals surface area (Å²) in [6.45, 7) is 0. The van der Waals surface area contributed by atoms with E-state index >= 15 is 0 Å². The molecule has 0 saturated heterocycles. The van der Waals surface area contributed by atoms with E-state index in [4.69, 9.17) is 0 Å². The van der Waals surface area contributed by atoms with Crippen LogP contribution in [0.1, 0.15) is 5.56 Å². The highest BCUT2D eigenvalue weighted by atomic mass is 15.3. The molecule has 0 aliphatic rings. The first-order valence-corrected chi connectivity index (χ1v) is 6.49. The summed E-state index contributed by atoms with van der Waals surface area (Å²) >= 11 is 0. The third-order valence-electron chi connectivity index (χ3n) is 2.66. The van der Waals surface area contributed by atoms with Gasteiger partial charge in [-0.15, -0.1) is 0 Å². The van der Waals surface area contributed by atoms with Crippen LogP contribution in [0, 0.1) is 0 Å². The maximum atomic E-state index is 4.44. The fourth-order valence-electron chi connectivity index (χ4n) is 1.53. The lowest BCUT2D eigenvalue weighted by molar-refractivity contribution is 0.966. The Balaban J connectivity index is 2.17. The zero-order valence-corrected chi connectivity index (χ0v) is 12.6. The van der Waals surface area contributed by atoms with E-state index in [9.17, 15) is 0 Å². The maximum absolute atomic E-state index is 4.44. The fourth-order valence-corrected chi connectivity index (χ4v) is 1.53. The van der Waals surface area contributed by atoms with Crippen molar-refractivity contribution in [1.29, 1.82) is 0 Å². The van der Waals surface area contributed by atoms with E-state index in [2.05, 4.69) is 25.5 Å². The average Bonchev–Trinajstić information content (AvgIpc) is 2.48. The van der Waals surface area contributed by atoms with Gasteiger partial charge in [0.25, 0.3) is 0 Å². The summed E-state index contributed by atoms with van der Waals surface area (Å²) in [7, 11) is 7.68. The molecule has 2 aromatic rings. The van der Waals surface area contributed by atoms with Crippen molar-refractivity contribution in [3.8, 4) is 0 Å². The molecule has 21 heavy (non-hydrogen) atoms. The lowest BCUT2D eigenvalue weighted by Crippen LogP contribution is -2.17. The maximum Gasteiger partial charge on any atom is 0.228 e.